The average Bonchev–Trinajstić information content (AvgIpc) is 3.22. The van der Waals surface area contributed by atoms with Crippen LogP contribution in [-0.4, -0.2) is 53.6 Å². The van der Waals surface area contributed by atoms with Gasteiger partial charge in [-0.3, -0.25) is 0 Å². The van der Waals surface area contributed by atoms with Crippen molar-refractivity contribution >= 4 is 11.6 Å². The van der Waals surface area contributed by atoms with Crippen molar-refractivity contribution in [2.75, 3.05) is 39.3 Å². The van der Waals surface area contributed by atoms with Crippen LogP contribution in [0.25, 0.3) is 5.78 Å². The van der Waals surface area contributed by atoms with Crippen molar-refractivity contribution in [1.82, 2.24) is 19.6 Å². The van der Waals surface area contributed by atoms with Gasteiger partial charge < -0.3 is 19.5 Å². The minimum absolute atomic E-state index is 0.0257. The number of anilines is 1. The second kappa shape index (κ2) is 8.12. The largest absolute Gasteiger partial charge is 0.497 e. The van der Waals surface area contributed by atoms with Crippen LogP contribution in [0.15, 0.2) is 36.7 Å². The summed E-state index contributed by atoms with van der Waals surface area (Å²) >= 11 is 0. The number of fused-ring (bicyclic) bond motifs is 1. The lowest BCUT2D eigenvalue weighted by molar-refractivity contribution is 0.0543. The number of hydrogen-bond donors (Lipinski definition) is 1. The molecule has 2 aromatic heterocycles. The molecule has 3 heterocycles. The highest BCUT2D eigenvalue weighted by atomic mass is 16.5. The molecule has 8 heteroatoms. The Balaban J connectivity index is 1.63. The van der Waals surface area contributed by atoms with E-state index in [1.54, 1.807) is 18.7 Å². The number of rotatable bonds is 7. The van der Waals surface area contributed by atoms with E-state index in [9.17, 15) is 0 Å². The maximum absolute atomic E-state index is 5.65. The topological polar surface area (TPSA) is 82.8 Å². The molecular weight excluding hydrogens is 358 g/mol. The van der Waals surface area contributed by atoms with Gasteiger partial charge in [-0.2, -0.15) is 14.6 Å². The van der Waals surface area contributed by atoms with E-state index in [2.05, 4.69) is 32.5 Å². The van der Waals surface area contributed by atoms with E-state index in [0.29, 0.717) is 12.4 Å². The molecule has 0 bridgehead atoms. The van der Waals surface area contributed by atoms with Crippen molar-refractivity contribution in [3.8, 4) is 5.75 Å². The number of nitrogens with one attached hydrogen (secondary N) is 1. The highest BCUT2D eigenvalue weighted by Gasteiger charge is 2.34. The minimum Gasteiger partial charge on any atom is -0.497 e. The molecule has 3 aromatic rings. The summed E-state index contributed by atoms with van der Waals surface area (Å²) in [6.07, 6.45) is 3.41. The zero-order chi connectivity index (χ0) is 19.4. The summed E-state index contributed by atoms with van der Waals surface area (Å²) in [5.41, 5.74) is 2.07. The highest BCUT2D eigenvalue weighted by Crippen LogP contribution is 2.36. The van der Waals surface area contributed by atoms with Crippen LogP contribution >= 0.6 is 0 Å². The first-order valence-corrected chi connectivity index (χ1v) is 9.39. The van der Waals surface area contributed by atoms with Crippen LogP contribution < -0.4 is 10.1 Å². The van der Waals surface area contributed by atoms with Gasteiger partial charge in [0, 0.05) is 38.3 Å². The van der Waals surface area contributed by atoms with Gasteiger partial charge in [-0.15, -0.1) is 0 Å². The van der Waals surface area contributed by atoms with Gasteiger partial charge in [-0.1, -0.05) is 12.1 Å². The zero-order valence-corrected chi connectivity index (χ0v) is 16.2. The Morgan fingerprint density at radius 3 is 2.68 bits per heavy atom. The Kier molecular flexibility index (Phi) is 5.40. The van der Waals surface area contributed by atoms with Gasteiger partial charge in [0.05, 0.1) is 19.4 Å². The van der Waals surface area contributed by atoms with E-state index in [0.717, 1.165) is 49.9 Å². The van der Waals surface area contributed by atoms with Gasteiger partial charge in [0.2, 0.25) is 0 Å². The fraction of sp³-hybridized carbons (Fsp3) is 0.450. The van der Waals surface area contributed by atoms with E-state index in [-0.39, 0.29) is 5.41 Å². The van der Waals surface area contributed by atoms with E-state index in [1.807, 2.05) is 18.2 Å². The van der Waals surface area contributed by atoms with Crippen molar-refractivity contribution in [3.63, 3.8) is 0 Å². The van der Waals surface area contributed by atoms with Crippen molar-refractivity contribution in [2.24, 2.45) is 0 Å². The first-order chi connectivity index (χ1) is 13.7. The molecule has 8 nitrogen and oxygen atoms in total. The predicted octanol–water partition coefficient (Wildman–Crippen LogP) is 2.44. The maximum atomic E-state index is 5.65. The second-order valence-electron chi connectivity index (χ2n) is 7.01. The zero-order valence-electron chi connectivity index (χ0n) is 16.2. The molecule has 0 radical (unpaired) electrons. The Morgan fingerprint density at radius 2 is 1.96 bits per heavy atom. The Labute approximate surface area is 163 Å². The highest BCUT2D eigenvalue weighted by molar-refractivity contribution is 5.46. The van der Waals surface area contributed by atoms with Gasteiger partial charge in [0.25, 0.3) is 5.78 Å². The Hall–Kier alpha value is -2.71. The summed E-state index contributed by atoms with van der Waals surface area (Å²) in [7, 11) is 3.34. The Bertz CT molecular complexity index is 919. The lowest BCUT2D eigenvalue weighted by atomic mass is 9.74. The van der Waals surface area contributed by atoms with Gasteiger partial charge in [-0.25, -0.2) is 4.98 Å². The third kappa shape index (κ3) is 3.65. The summed E-state index contributed by atoms with van der Waals surface area (Å²) < 4.78 is 17.9. The number of ether oxygens (including phenoxy) is 3. The summed E-state index contributed by atoms with van der Waals surface area (Å²) in [5.74, 6) is 2.28. The first-order valence-electron chi connectivity index (χ1n) is 9.39. The molecule has 148 valence electrons. The first kappa shape index (κ1) is 18.6. The smallest absolute Gasteiger partial charge is 0.254 e. The molecule has 0 saturated carbocycles. The standard InChI is InChI=1S/C20H25N5O3/c1-26-12-16-11-18(25-19(24-16)22-14-23-25)21-13-20(7-9-28-10-8-20)15-3-5-17(27-2)6-4-15/h3-6,11,14,21H,7-10,12-13H2,1-2H3. The summed E-state index contributed by atoms with van der Waals surface area (Å²) in [6, 6.07) is 10.3. The molecule has 0 amide bonds. The lowest BCUT2D eigenvalue weighted by Crippen LogP contribution is -2.40. The third-order valence-electron chi connectivity index (χ3n) is 5.36. The molecule has 1 saturated heterocycles. The van der Waals surface area contributed by atoms with Crippen LogP contribution in [0.2, 0.25) is 0 Å². The molecule has 0 spiro atoms. The van der Waals surface area contributed by atoms with Crippen molar-refractivity contribution in [2.45, 2.75) is 24.9 Å². The fourth-order valence-electron chi connectivity index (χ4n) is 3.74. The molecule has 1 aromatic carbocycles. The van der Waals surface area contributed by atoms with Gasteiger partial charge in [0.15, 0.2) is 0 Å². The summed E-state index contributed by atoms with van der Waals surface area (Å²) in [5, 5.41) is 7.89. The number of methoxy groups -OCH3 is 2. The van der Waals surface area contributed by atoms with Crippen LogP contribution in [0.3, 0.4) is 0 Å². The molecule has 1 aliphatic rings. The monoisotopic (exact) mass is 383 g/mol. The summed E-state index contributed by atoms with van der Waals surface area (Å²) in [6.45, 7) is 2.68. The van der Waals surface area contributed by atoms with Crippen LogP contribution in [0.1, 0.15) is 24.1 Å². The van der Waals surface area contributed by atoms with Gasteiger partial charge >= 0.3 is 0 Å². The minimum atomic E-state index is -0.0257. The number of nitrogens with zero attached hydrogens (tertiary/aromatic N) is 4. The average molecular weight is 383 g/mol. The van der Waals surface area contributed by atoms with Crippen molar-refractivity contribution < 1.29 is 14.2 Å². The van der Waals surface area contributed by atoms with Crippen LogP contribution in [0, 0.1) is 0 Å². The molecule has 0 atom stereocenters. The van der Waals surface area contributed by atoms with E-state index in [4.69, 9.17) is 14.2 Å². The molecular formula is C20H25N5O3. The molecule has 0 unspecified atom stereocenters. The van der Waals surface area contributed by atoms with Gasteiger partial charge in [0.1, 0.15) is 17.9 Å². The fourth-order valence-corrected chi connectivity index (χ4v) is 3.74. The second-order valence-corrected chi connectivity index (χ2v) is 7.01. The number of aromatic nitrogens is 4. The molecule has 1 aliphatic heterocycles. The van der Waals surface area contributed by atoms with Crippen molar-refractivity contribution in [3.05, 3.63) is 47.9 Å². The number of benzene rings is 1. The van der Waals surface area contributed by atoms with Crippen LogP contribution in [-0.2, 0) is 21.5 Å². The molecule has 1 fully saturated rings. The Morgan fingerprint density at radius 1 is 1.18 bits per heavy atom. The molecule has 0 aliphatic carbocycles. The van der Waals surface area contributed by atoms with E-state index in [1.165, 1.54) is 11.9 Å². The van der Waals surface area contributed by atoms with Crippen LogP contribution in [0.4, 0.5) is 5.82 Å². The molecule has 28 heavy (non-hydrogen) atoms. The summed E-state index contributed by atoms with van der Waals surface area (Å²) in [4.78, 5) is 8.69. The SMILES string of the molecule is COCc1cc(NCC2(c3ccc(OC)cc3)CCOCC2)n2ncnc2n1. The quantitative estimate of drug-likeness (QED) is 0.671. The van der Waals surface area contributed by atoms with Gasteiger partial charge in [-0.05, 0) is 30.5 Å². The molecule has 4 rings (SSSR count). The van der Waals surface area contributed by atoms with Crippen molar-refractivity contribution in [1.29, 1.82) is 0 Å². The lowest BCUT2D eigenvalue weighted by Gasteiger charge is -2.38. The van der Waals surface area contributed by atoms with Crippen LogP contribution in [0.5, 0.6) is 5.75 Å². The predicted molar refractivity (Wildman–Crippen MR) is 105 cm³/mol. The van der Waals surface area contributed by atoms with E-state index >= 15 is 0 Å². The van der Waals surface area contributed by atoms with E-state index < -0.39 is 0 Å². The third-order valence-corrected chi connectivity index (χ3v) is 5.36. The molecule has 1 N–H and O–H groups in total. The normalized spacial score (nSPS) is 16.2. The number of hydrogen-bond acceptors (Lipinski definition) is 7. The maximum Gasteiger partial charge on any atom is 0.254 e.